The van der Waals surface area contributed by atoms with E-state index in [0.29, 0.717) is 26.2 Å². The highest BCUT2D eigenvalue weighted by molar-refractivity contribution is 7.98. The maximum absolute atomic E-state index is 13.8. The SMILES string of the molecule is CCOC(=O)C1=C(C)N=c2s/c(=C\c3ccc(N(CC)CC)cc3O)c(=O)n2[C@@H]1c1ccc(SC)cc1. The molecular formula is C28H31N3O4S2. The molecule has 0 amide bonds. The summed E-state index contributed by atoms with van der Waals surface area (Å²) in [5.74, 6) is -0.385. The number of aromatic hydroxyl groups is 1. The summed E-state index contributed by atoms with van der Waals surface area (Å²) in [5.41, 5.74) is 2.87. The van der Waals surface area contributed by atoms with E-state index < -0.39 is 12.0 Å². The van der Waals surface area contributed by atoms with Crippen LogP contribution >= 0.6 is 23.1 Å². The number of thiazole rings is 1. The molecule has 0 bridgehead atoms. The number of thioether (sulfide) groups is 1. The second kappa shape index (κ2) is 11.4. The number of hydrogen-bond donors (Lipinski definition) is 1. The lowest BCUT2D eigenvalue weighted by Crippen LogP contribution is -2.39. The number of nitrogens with zero attached hydrogens (tertiary/aromatic N) is 3. The van der Waals surface area contributed by atoms with Gasteiger partial charge in [0, 0.05) is 35.3 Å². The molecule has 2 heterocycles. The van der Waals surface area contributed by atoms with Crippen LogP contribution < -0.4 is 19.8 Å². The van der Waals surface area contributed by atoms with Crippen LogP contribution in [0, 0.1) is 0 Å². The Labute approximate surface area is 224 Å². The van der Waals surface area contributed by atoms with E-state index >= 15 is 0 Å². The largest absolute Gasteiger partial charge is 0.507 e. The average Bonchev–Trinajstić information content (AvgIpc) is 3.19. The van der Waals surface area contributed by atoms with Gasteiger partial charge < -0.3 is 14.7 Å². The number of fused-ring (bicyclic) bond motifs is 1. The lowest BCUT2D eigenvalue weighted by atomic mass is 9.96. The number of ether oxygens (including phenoxy) is 1. The van der Waals surface area contributed by atoms with Crippen LogP contribution in [0.5, 0.6) is 5.75 Å². The first kappa shape index (κ1) is 26.8. The van der Waals surface area contributed by atoms with Crippen molar-refractivity contribution in [1.29, 1.82) is 0 Å². The summed E-state index contributed by atoms with van der Waals surface area (Å²) in [6.07, 6.45) is 3.68. The van der Waals surface area contributed by atoms with Crippen molar-refractivity contribution in [2.45, 2.75) is 38.6 Å². The predicted molar refractivity (Wildman–Crippen MR) is 150 cm³/mol. The fourth-order valence-corrected chi connectivity index (χ4v) is 5.92. The summed E-state index contributed by atoms with van der Waals surface area (Å²) < 4.78 is 7.34. The Morgan fingerprint density at radius 3 is 2.49 bits per heavy atom. The minimum Gasteiger partial charge on any atom is -0.507 e. The second-order valence-corrected chi connectivity index (χ2v) is 10.4. The lowest BCUT2D eigenvalue weighted by Gasteiger charge is -2.24. The van der Waals surface area contributed by atoms with Gasteiger partial charge in [0.1, 0.15) is 5.75 Å². The van der Waals surface area contributed by atoms with Crippen LogP contribution in [0.1, 0.15) is 44.9 Å². The zero-order valence-electron chi connectivity index (χ0n) is 21.6. The van der Waals surface area contributed by atoms with Gasteiger partial charge in [0.2, 0.25) is 0 Å². The van der Waals surface area contributed by atoms with Crippen LogP contribution in [0.2, 0.25) is 0 Å². The van der Waals surface area contributed by atoms with E-state index in [0.717, 1.165) is 29.2 Å². The van der Waals surface area contributed by atoms with Crippen LogP contribution in [-0.2, 0) is 9.53 Å². The first-order chi connectivity index (χ1) is 17.8. The van der Waals surface area contributed by atoms with Gasteiger partial charge in [-0.05, 0) is 69.9 Å². The van der Waals surface area contributed by atoms with Gasteiger partial charge in [-0.2, -0.15) is 0 Å². The molecule has 1 N–H and O–H groups in total. The molecule has 1 aromatic heterocycles. The molecule has 37 heavy (non-hydrogen) atoms. The molecule has 0 unspecified atom stereocenters. The summed E-state index contributed by atoms with van der Waals surface area (Å²) in [6.45, 7) is 9.52. The van der Waals surface area contributed by atoms with E-state index in [1.807, 2.05) is 42.7 Å². The molecule has 0 spiro atoms. The van der Waals surface area contributed by atoms with Crippen LogP contribution in [0.3, 0.4) is 0 Å². The van der Waals surface area contributed by atoms with Crippen molar-refractivity contribution < 1.29 is 14.6 Å². The Morgan fingerprint density at radius 2 is 1.89 bits per heavy atom. The van der Waals surface area contributed by atoms with Crippen molar-refractivity contribution in [3.05, 3.63) is 84.5 Å². The Balaban J connectivity index is 1.88. The van der Waals surface area contributed by atoms with Crippen LogP contribution in [0.4, 0.5) is 5.69 Å². The van der Waals surface area contributed by atoms with Crippen molar-refractivity contribution in [2.75, 3.05) is 30.9 Å². The maximum Gasteiger partial charge on any atom is 0.338 e. The highest BCUT2D eigenvalue weighted by Gasteiger charge is 2.33. The minimum absolute atomic E-state index is 0.0998. The van der Waals surface area contributed by atoms with Crippen molar-refractivity contribution >= 4 is 40.8 Å². The first-order valence-electron chi connectivity index (χ1n) is 12.2. The summed E-state index contributed by atoms with van der Waals surface area (Å²) >= 11 is 2.86. The van der Waals surface area contributed by atoms with E-state index in [-0.39, 0.29) is 17.9 Å². The van der Waals surface area contributed by atoms with Gasteiger partial charge in [-0.15, -0.1) is 11.8 Å². The number of rotatable bonds is 8. The Morgan fingerprint density at radius 1 is 1.19 bits per heavy atom. The molecule has 3 aromatic rings. The normalized spacial score (nSPS) is 15.4. The summed E-state index contributed by atoms with van der Waals surface area (Å²) in [6, 6.07) is 12.6. The number of phenolic OH excluding ortho intramolecular Hbond substituents is 1. The highest BCUT2D eigenvalue weighted by Crippen LogP contribution is 2.32. The van der Waals surface area contributed by atoms with Crippen LogP contribution in [0.15, 0.2) is 68.4 Å². The Hall–Kier alpha value is -3.30. The lowest BCUT2D eigenvalue weighted by molar-refractivity contribution is -0.139. The topological polar surface area (TPSA) is 84.1 Å². The van der Waals surface area contributed by atoms with E-state index in [1.54, 1.807) is 42.3 Å². The molecule has 7 nitrogen and oxygen atoms in total. The van der Waals surface area contributed by atoms with Gasteiger partial charge in [0.05, 0.1) is 28.5 Å². The number of esters is 1. The number of carbonyl (C=O) groups is 1. The number of hydrogen-bond acceptors (Lipinski definition) is 8. The zero-order valence-corrected chi connectivity index (χ0v) is 23.3. The van der Waals surface area contributed by atoms with Gasteiger partial charge in [0.15, 0.2) is 4.80 Å². The maximum atomic E-state index is 13.8. The molecular weight excluding hydrogens is 506 g/mol. The van der Waals surface area contributed by atoms with Gasteiger partial charge in [0.25, 0.3) is 5.56 Å². The van der Waals surface area contributed by atoms with Gasteiger partial charge in [-0.3, -0.25) is 9.36 Å². The van der Waals surface area contributed by atoms with Crippen molar-refractivity contribution in [3.63, 3.8) is 0 Å². The monoisotopic (exact) mass is 537 g/mol. The van der Waals surface area contributed by atoms with E-state index in [4.69, 9.17) is 4.74 Å². The molecule has 0 radical (unpaired) electrons. The summed E-state index contributed by atoms with van der Waals surface area (Å²) in [4.78, 5) is 35.1. The van der Waals surface area contributed by atoms with Crippen molar-refractivity contribution in [1.82, 2.24) is 4.57 Å². The predicted octanol–water partition coefficient (Wildman–Crippen LogP) is 4.07. The minimum atomic E-state index is -0.660. The standard InChI is InChI=1S/C28H31N3O4S2/c1-6-30(7-2)20-12-9-19(22(32)16-20)15-23-26(33)31-25(18-10-13-21(36-5)14-11-18)24(27(34)35-8-3)17(4)29-28(31)37-23/h9-16,25,32H,6-8H2,1-5H3/b23-15-/t25-/m1/s1. The van der Waals surface area contributed by atoms with E-state index in [9.17, 15) is 14.7 Å². The van der Waals surface area contributed by atoms with Crippen molar-refractivity contribution in [2.24, 2.45) is 4.99 Å². The summed E-state index contributed by atoms with van der Waals surface area (Å²) in [5, 5.41) is 10.7. The number of anilines is 1. The van der Waals surface area contributed by atoms with Crippen LogP contribution in [0.25, 0.3) is 6.08 Å². The molecule has 1 atom stereocenters. The fourth-order valence-electron chi connectivity index (χ4n) is 4.47. The zero-order chi connectivity index (χ0) is 26.7. The van der Waals surface area contributed by atoms with Crippen LogP contribution in [-0.4, -0.2) is 41.6 Å². The molecule has 194 valence electrons. The molecule has 0 fully saturated rings. The molecule has 0 saturated heterocycles. The highest BCUT2D eigenvalue weighted by atomic mass is 32.2. The third kappa shape index (κ3) is 5.24. The molecule has 1 aliphatic heterocycles. The van der Waals surface area contributed by atoms with Gasteiger partial charge in [-0.1, -0.05) is 23.5 Å². The second-order valence-electron chi connectivity index (χ2n) is 8.49. The molecule has 0 saturated carbocycles. The number of aromatic nitrogens is 1. The summed E-state index contributed by atoms with van der Waals surface area (Å²) in [7, 11) is 0. The van der Waals surface area contributed by atoms with E-state index in [1.165, 1.54) is 11.3 Å². The molecule has 9 heteroatoms. The Kier molecular flexibility index (Phi) is 8.24. The Bertz CT molecular complexity index is 1520. The number of benzene rings is 2. The fraction of sp³-hybridized carbons (Fsp3) is 0.321. The van der Waals surface area contributed by atoms with Gasteiger partial charge >= 0.3 is 5.97 Å². The molecule has 4 rings (SSSR count). The number of phenols is 1. The smallest absolute Gasteiger partial charge is 0.338 e. The molecule has 1 aliphatic rings. The number of carbonyl (C=O) groups excluding carboxylic acids is 1. The first-order valence-corrected chi connectivity index (χ1v) is 14.3. The third-order valence-corrected chi connectivity index (χ3v) is 8.10. The van der Waals surface area contributed by atoms with E-state index in [2.05, 4.69) is 23.7 Å². The molecule has 0 aliphatic carbocycles. The number of allylic oxidation sites excluding steroid dienone is 1. The quantitative estimate of drug-likeness (QED) is 0.345. The third-order valence-electron chi connectivity index (χ3n) is 6.38. The molecule has 2 aromatic carbocycles. The average molecular weight is 538 g/mol. The van der Waals surface area contributed by atoms with Crippen molar-refractivity contribution in [3.8, 4) is 5.75 Å². The van der Waals surface area contributed by atoms with Gasteiger partial charge in [-0.25, -0.2) is 9.79 Å².